The van der Waals surface area contributed by atoms with Gasteiger partial charge < -0.3 is 18.3 Å². The molecule has 388 valence electrons. The van der Waals surface area contributed by atoms with Crippen LogP contribution in [0.3, 0.4) is 0 Å². The van der Waals surface area contributed by atoms with Crippen LogP contribution in [0.2, 0.25) is 0 Å². The van der Waals surface area contributed by atoms with Gasteiger partial charge in [0.25, 0.3) is 0 Å². The Hall–Kier alpha value is -10.2. The van der Waals surface area contributed by atoms with Crippen LogP contribution in [0.15, 0.2) is 231 Å². The summed E-state index contributed by atoms with van der Waals surface area (Å²) in [6, 6.07) is 87.9. The predicted octanol–water partition coefficient (Wildman–Crippen LogP) is 21.3. The molecule has 6 aromatic heterocycles. The molecule has 0 unspecified atom stereocenters. The molecule has 0 aliphatic carbocycles. The number of benzene rings is 12. The molecule has 0 spiro atoms. The smallest absolute Gasteiger partial charge is 0.104 e. The summed E-state index contributed by atoms with van der Waals surface area (Å²) in [6.45, 7) is 6.84. The second kappa shape index (κ2) is 17.2. The molecule has 0 radical (unpaired) electrons. The standard InChI is InChI=1S/C76H47N5S2/c1-43-36-37-44(2)67(45(43)3)68-73(78-59-28-12-4-20-46(59)47-21-5-13-29-60(47)78)69(80-63-32-16-8-24-50(63)54-38-40-56-52-26-10-18-34-65(52)82-75(56)71(54)80)58(42-77)70(74(68)79-61-30-14-6-22-48(61)49-23-7-15-31-62(49)79)81-64-33-17-9-25-51(64)55-39-41-57-53-27-11-19-35-66(53)83-76(57)72(55)81/h4-41H,1-3H3. The van der Waals surface area contributed by atoms with E-state index in [9.17, 15) is 5.26 Å². The van der Waals surface area contributed by atoms with Crippen LogP contribution < -0.4 is 0 Å². The van der Waals surface area contributed by atoms with Gasteiger partial charge in [0.2, 0.25) is 0 Å². The number of nitrogens with zero attached hydrogens (tertiary/aromatic N) is 5. The fourth-order valence-electron chi connectivity index (χ4n) is 14.5. The van der Waals surface area contributed by atoms with Gasteiger partial charge in [-0.25, -0.2) is 0 Å². The van der Waals surface area contributed by atoms with E-state index >= 15 is 0 Å². The Morgan fingerprint density at radius 3 is 0.988 bits per heavy atom. The van der Waals surface area contributed by atoms with Crippen molar-refractivity contribution >= 4 is 150 Å². The first kappa shape index (κ1) is 46.5. The van der Waals surface area contributed by atoms with E-state index in [2.05, 4.69) is 276 Å². The summed E-state index contributed by atoms with van der Waals surface area (Å²) >= 11 is 3.68. The van der Waals surface area contributed by atoms with Crippen molar-refractivity contribution < 1.29 is 0 Å². The minimum Gasteiger partial charge on any atom is -0.306 e. The molecule has 0 amide bonds. The van der Waals surface area contributed by atoms with Gasteiger partial charge in [-0.1, -0.05) is 182 Å². The molecule has 0 aliphatic heterocycles. The molecule has 0 saturated carbocycles. The molecular formula is C76H47N5S2. The quantitative estimate of drug-likeness (QED) is 0.169. The van der Waals surface area contributed by atoms with Crippen LogP contribution in [0.5, 0.6) is 0 Å². The highest BCUT2D eigenvalue weighted by molar-refractivity contribution is 7.27. The van der Waals surface area contributed by atoms with Crippen LogP contribution in [0.4, 0.5) is 0 Å². The monoisotopic (exact) mass is 1090 g/mol. The zero-order valence-electron chi connectivity index (χ0n) is 45.5. The second-order valence-corrected chi connectivity index (χ2v) is 24.4. The SMILES string of the molecule is Cc1ccc(C)c(-c2c(-n3c4ccccc4c4ccccc43)c(-n3c4ccccc4c4ccc5c6ccccc6sc5c43)c(C#N)c(-n3c4ccccc4c4ccc5c6ccccc6sc5c43)c2-n2c3ccccc3c3ccccc32)c1C. The number of fused-ring (bicyclic) bond motifs is 20. The van der Waals surface area contributed by atoms with Gasteiger partial charge in [-0.3, -0.25) is 0 Å². The van der Waals surface area contributed by atoms with Crippen molar-refractivity contribution in [1.29, 1.82) is 5.26 Å². The molecular weight excluding hydrogens is 1050 g/mol. The van der Waals surface area contributed by atoms with Crippen LogP contribution in [0.25, 0.3) is 161 Å². The highest BCUT2D eigenvalue weighted by atomic mass is 32.1. The lowest BCUT2D eigenvalue weighted by Crippen LogP contribution is -2.17. The van der Waals surface area contributed by atoms with Gasteiger partial charge in [-0.05, 0) is 91.6 Å². The van der Waals surface area contributed by atoms with E-state index < -0.39 is 0 Å². The normalized spacial score (nSPS) is 12.3. The number of para-hydroxylation sites is 6. The molecule has 18 rings (SSSR count). The van der Waals surface area contributed by atoms with Crippen LogP contribution >= 0.6 is 22.7 Å². The number of aromatic nitrogens is 4. The summed E-state index contributed by atoms with van der Waals surface area (Å²) < 4.78 is 14.9. The van der Waals surface area contributed by atoms with E-state index in [1.807, 2.05) is 22.7 Å². The van der Waals surface area contributed by atoms with Crippen molar-refractivity contribution in [3.8, 4) is 39.9 Å². The topological polar surface area (TPSA) is 43.5 Å². The van der Waals surface area contributed by atoms with E-state index in [1.165, 1.54) is 51.5 Å². The molecule has 7 heteroatoms. The lowest BCUT2D eigenvalue weighted by Gasteiger charge is -2.30. The Morgan fingerprint density at radius 1 is 0.289 bits per heavy atom. The maximum atomic E-state index is 13.4. The number of hydrogen-bond acceptors (Lipinski definition) is 3. The van der Waals surface area contributed by atoms with E-state index in [0.29, 0.717) is 5.56 Å². The summed E-state index contributed by atoms with van der Waals surface area (Å²) in [5.74, 6) is 0. The van der Waals surface area contributed by atoms with Gasteiger partial charge >= 0.3 is 0 Å². The Morgan fingerprint density at radius 2 is 0.602 bits per heavy atom. The van der Waals surface area contributed by atoms with E-state index in [1.54, 1.807) is 0 Å². The van der Waals surface area contributed by atoms with Crippen molar-refractivity contribution in [1.82, 2.24) is 18.3 Å². The van der Waals surface area contributed by atoms with Crippen molar-refractivity contribution in [3.63, 3.8) is 0 Å². The maximum Gasteiger partial charge on any atom is 0.104 e. The molecule has 0 atom stereocenters. The zero-order chi connectivity index (χ0) is 54.9. The molecule has 6 heterocycles. The Balaban J connectivity index is 1.22. The molecule has 0 bridgehead atoms. The number of nitriles is 1. The molecule has 0 fully saturated rings. The molecule has 83 heavy (non-hydrogen) atoms. The van der Waals surface area contributed by atoms with Crippen LogP contribution in [-0.2, 0) is 0 Å². The molecule has 0 aliphatic rings. The van der Waals surface area contributed by atoms with Gasteiger partial charge in [0.05, 0.1) is 76.3 Å². The zero-order valence-corrected chi connectivity index (χ0v) is 47.1. The Kier molecular flexibility index (Phi) is 9.61. The van der Waals surface area contributed by atoms with E-state index in [0.717, 1.165) is 127 Å². The summed E-state index contributed by atoms with van der Waals surface area (Å²) in [6.07, 6.45) is 0. The van der Waals surface area contributed by atoms with Crippen molar-refractivity contribution in [3.05, 3.63) is 253 Å². The number of hydrogen-bond donors (Lipinski definition) is 0. The van der Waals surface area contributed by atoms with E-state index in [4.69, 9.17) is 0 Å². The van der Waals surface area contributed by atoms with Gasteiger partial charge in [0.15, 0.2) is 0 Å². The van der Waals surface area contributed by atoms with E-state index in [-0.39, 0.29) is 0 Å². The lowest BCUT2D eigenvalue weighted by molar-refractivity contribution is 1.04. The van der Waals surface area contributed by atoms with Crippen molar-refractivity contribution in [2.75, 3.05) is 0 Å². The van der Waals surface area contributed by atoms with Gasteiger partial charge in [0.1, 0.15) is 11.6 Å². The molecule has 12 aromatic carbocycles. The molecule has 18 aromatic rings. The average molecular weight is 1090 g/mol. The Labute approximate surface area is 484 Å². The first-order valence-corrected chi connectivity index (χ1v) is 30.0. The largest absolute Gasteiger partial charge is 0.306 e. The third-order valence-corrected chi connectivity index (χ3v) is 20.5. The van der Waals surface area contributed by atoms with Crippen molar-refractivity contribution in [2.45, 2.75) is 20.8 Å². The van der Waals surface area contributed by atoms with Gasteiger partial charge in [-0.15, -0.1) is 22.7 Å². The van der Waals surface area contributed by atoms with Gasteiger partial charge in [0, 0.05) is 79.6 Å². The fraction of sp³-hybridized carbons (Fsp3) is 0.0395. The summed E-state index contributed by atoms with van der Waals surface area (Å²) in [5.41, 5.74) is 18.2. The third-order valence-electron chi connectivity index (χ3n) is 18.1. The minimum absolute atomic E-state index is 0.562. The van der Waals surface area contributed by atoms with Gasteiger partial charge in [-0.2, -0.15) is 5.26 Å². The van der Waals surface area contributed by atoms with Crippen LogP contribution in [0, 0.1) is 32.1 Å². The fourth-order valence-corrected chi connectivity index (χ4v) is 17.0. The predicted molar refractivity (Wildman–Crippen MR) is 354 cm³/mol. The highest BCUT2D eigenvalue weighted by Gasteiger charge is 2.37. The third kappa shape index (κ3) is 6.13. The molecule has 0 saturated heterocycles. The second-order valence-electron chi connectivity index (χ2n) is 22.3. The summed E-state index contributed by atoms with van der Waals surface area (Å²) in [4.78, 5) is 0. The first-order chi connectivity index (χ1) is 41.0. The average Bonchev–Trinajstić information content (AvgIpc) is 2.08. The highest BCUT2D eigenvalue weighted by Crippen LogP contribution is 2.55. The number of aryl methyl sites for hydroxylation is 2. The number of thiophene rings is 2. The summed E-state index contributed by atoms with van der Waals surface area (Å²) in [7, 11) is 0. The van der Waals surface area contributed by atoms with Crippen LogP contribution in [-0.4, -0.2) is 18.3 Å². The van der Waals surface area contributed by atoms with Crippen LogP contribution in [0.1, 0.15) is 22.3 Å². The van der Waals surface area contributed by atoms with Crippen molar-refractivity contribution in [2.24, 2.45) is 0 Å². The first-order valence-electron chi connectivity index (χ1n) is 28.3. The summed E-state index contributed by atoms with van der Waals surface area (Å²) in [5, 5.41) is 27.3. The minimum atomic E-state index is 0.562. The molecule has 5 nitrogen and oxygen atoms in total. The molecule has 0 N–H and O–H groups in total. The number of rotatable bonds is 5. The Bertz CT molecular complexity index is 5510. The lowest BCUT2D eigenvalue weighted by atomic mass is 9.87. The maximum absolute atomic E-state index is 13.4.